The smallest absolute Gasteiger partial charge is 0.407 e. The number of nitriles is 1. The van der Waals surface area contributed by atoms with Gasteiger partial charge in [0, 0.05) is 42.3 Å². The molecule has 1 aliphatic rings. The van der Waals surface area contributed by atoms with E-state index in [1.54, 1.807) is 23.1 Å². The van der Waals surface area contributed by atoms with Crippen molar-refractivity contribution < 1.29 is 9.90 Å². The molecule has 5 heterocycles. The van der Waals surface area contributed by atoms with Crippen LogP contribution < -0.4 is 5.32 Å². The van der Waals surface area contributed by atoms with Crippen LogP contribution in [-0.4, -0.2) is 53.6 Å². The third-order valence-corrected chi connectivity index (χ3v) is 6.37. The molecule has 4 aromatic rings. The summed E-state index contributed by atoms with van der Waals surface area (Å²) in [7, 11) is 0. The highest BCUT2D eigenvalue weighted by molar-refractivity contribution is 5.83. The van der Waals surface area contributed by atoms with Crippen molar-refractivity contribution in [2.45, 2.75) is 32.4 Å². The van der Waals surface area contributed by atoms with E-state index in [2.05, 4.69) is 26.6 Å². The Morgan fingerprint density at radius 2 is 2.18 bits per heavy atom. The molecule has 10 heteroatoms. The third-order valence-electron chi connectivity index (χ3n) is 6.37. The topological polar surface area (TPSA) is 124 Å². The first-order chi connectivity index (χ1) is 16.5. The maximum Gasteiger partial charge on any atom is 0.407 e. The number of anilines is 1. The van der Waals surface area contributed by atoms with Crippen molar-refractivity contribution in [1.82, 2.24) is 29.3 Å². The largest absolute Gasteiger partial charge is 0.465 e. The van der Waals surface area contributed by atoms with Crippen LogP contribution in [0.15, 0.2) is 49.1 Å². The summed E-state index contributed by atoms with van der Waals surface area (Å²) in [6.45, 7) is 4.94. The summed E-state index contributed by atoms with van der Waals surface area (Å²) >= 11 is 0. The Bertz CT molecular complexity index is 1400. The van der Waals surface area contributed by atoms with Crippen LogP contribution >= 0.6 is 0 Å². The third kappa shape index (κ3) is 3.71. The molecule has 4 aromatic heterocycles. The van der Waals surface area contributed by atoms with Crippen molar-refractivity contribution in [1.29, 1.82) is 5.26 Å². The van der Waals surface area contributed by atoms with Gasteiger partial charge in [0.05, 0.1) is 41.4 Å². The minimum Gasteiger partial charge on any atom is -0.465 e. The van der Waals surface area contributed by atoms with Gasteiger partial charge in [-0.25, -0.2) is 9.31 Å². The Morgan fingerprint density at radius 3 is 2.88 bits per heavy atom. The highest BCUT2D eigenvalue weighted by atomic mass is 16.4. The number of aromatic nitrogens is 5. The van der Waals surface area contributed by atoms with E-state index in [0.29, 0.717) is 24.2 Å². The van der Waals surface area contributed by atoms with E-state index in [9.17, 15) is 15.2 Å². The van der Waals surface area contributed by atoms with E-state index >= 15 is 0 Å². The molecule has 0 spiro atoms. The number of nitrogens with zero attached hydrogens (tertiary/aromatic N) is 7. The lowest BCUT2D eigenvalue weighted by Gasteiger charge is -2.17. The predicted octanol–water partition coefficient (Wildman–Crippen LogP) is 3.87. The quantitative estimate of drug-likeness (QED) is 0.467. The lowest BCUT2D eigenvalue weighted by molar-refractivity contribution is 0.154. The van der Waals surface area contributed by atoms with Gasteiger partial charge < -0.3 is 15.3 Å². The van der Waals surface area contributed by atoms with E-state index in [4.69, 9.17) is 0 Å². The van der Waals surface area contributed by atoms with Crippen LogP contribution in [0.2, 0.25) is 0 Å². The van der Waals surface area contributed by atoms with Gasteiger partial charge in [-0.1, -0.05) is 6.07 Å². The van der Waals surface area contributed by atoms with E-state index in [1.807, 2.05) is 49.0 Å². The fourth-order valence-electron chi connectivity index (χ4n) is 4.59. The van der Waals surface area contributed by atoms with Gasteiger partial charge in [0.25, 0.3) is 0 Å². The van der Waals surface area contributed by atoms with Gasteiger partial charge >= 0.3 is 6.09 Å². The zero-order valence-electron chi connectivity index (χ0n) is 18.9. The normalized spacial score (nSPS) is 16.5. The van der Waals surface area contributed by atoms with Crippen molar-refractivity contribution in [3.63, 3.8) is 0 Å². The summed E-state index contributed by atoms with van der Waals surface area (Å²) < 4.78 is 3.62. The minimum absolute atomic E-state index is 0.00486. The van der Waals surface area contributed by atoms with Gasteiger partial charge in [0.2, 0.25) is 0 Å². The summed E-state index contributed by atoms with van der Waals surface area (Å²) in [5.74, 6) is 0. The van der Waals surface area contributed by atoms with Gasteiger partial charge in [-0.3, -0.25) is 9.67 Å². The molecule has 0 bridgehead atoms. The van der Waals surface area contributed by atoms with Crippen molar-refractivity contribution in [2.24, 2.45) is 0 Å². The number of amides is 1. The Kier molecular flexibility index (Phi) is 5.37. The number of carbonyl (C=O) groups is 1. The predicted molar refractivity (Wildman–Crippen MR) is 125 cm³/mol. The van der Waals surface area contributed by atoms with E-state index < -0.39 is 6.09 Å². The van der Waals surface area contributed by atoms with E-state index in [0.717, 1.165) is 34.6 Å². The molecule has 0 aliphatic carbocycles. The van der Waals surface area contributed by atoms with Crippen molar-refractivity contribution >= 4 is 17.3 Å². The molecule has 1 aliphatic heterocycles. The van der Waals surface area contributed by atoms with Gasteiger partial charge in [-0.15, -0.1) is 0 Å². The van der Waals surface area contributed by atoms with Crippen LogP contribution in [0.4, 0.5) is 10.5 Å². The number of fused-ring (bicyclic) bond motifs is 1. The number of rotatable bonds is 5. The van der Waals surface area contributed by atoms with Crippen LogP contribution in [0.3, 0.4) is 0 Å². The lowest BCUT2D eigenvalue weighted by atomic mass is 10.1. The lowest BCUT2D eigenvalue weighted by Crippen LogP contribution is -2.27. The average Bonchev–Trinajstić information content (AvgIpc) is 3.57. The number of hydrogen-bond donors (Lipinski definition) is 2. The van der Waals surface area contributed by atoms with Crippen molar-refractivity contribution in [3.05, 3.63) is 66.0 Å². The number of carboxylic acid groups (broad SMARTS) is 1. The molecule has 172 valence electrons. The monoisotopic (exact) mass is 456 g/mol. The standard InChI is InChI=1S/C24H24N8O2/c1-15(21-5-3-4-7-26-21)29-22-9-17(13-31-23(22)18(10-25)11-27-31)20-12-28-32(16(20)2)19-6-8-30(14-19)24(33)34/h3-5,7,9,11-13,15,19,29H,6,8,14H2,1-2H3,(H,33,34)/t15-,19-/m1/s1. The molecular weight excluding hydrogens is 432 g/mol. The fourth-order valence-corrected chi connectivity index (χ4v) is 4.59. The molecule has 0 radical (unpaired) electrons. The van der Waals surface area contributed by atoms with Crippen LogP contribution in [0.1, 0.15) is 42.4 Å². The summed E-state index contributed by atoms with van der Waals surface area (Å²) in [5, 5.41) is 31.4. The molecule has 2 atom stereocenters. The number of nitrogens with one attached hydrogen (secondary N) is 1. The first kappa shape index (κ1) is 21.5. The molecule has 0 aromatic carbocycles. The molecule has 1 fully saturated rings. The summed E-state index contributed by atoms with van der Waals surface area (Å²) in [6.07, 6.45) is 6.84. The number of hydrogen-bond acceptors (Lipinski definition) is 6. The second-order valence-electron chi connectivity index (χ2n) is 8.49. The molecule has 34 heavy (non-hydrogen) atoms. The molecule has 0 unspecified atom stereocenters. The van der Waals surface area contributed by atoms with Crippen LogP contribution in [0.5, 0.6) is 0 Å². The molecule has 5 rings (SSSR count). The van der Waals surface area contributed by atoms with Crippen LogP contribution in [0.25, 0.3) is 16.6 Å². The van der Waals surface area contributed by atoms with Gasteiger partial charge in [0.15, 0.2) is 0 Å². The Labute approximate surface area is 196 Å². The summed E-state index contributed by atoms with van der Waals surface area (Å²) in [5.41, 5.74) is 5.62. The number of likely N-dealkylation sites (tertiary alicyclic amines) is 1. The minimum atomic E-state index is -0.900. The zero-order valence-corrected chi connectivity index (χ0v) is 18.9. The highest BCUT2D eigenvalue weighted by Gasteiger charge is 2.29. The highest BCUT2D eigenvalue weighted by Crippen LogP contribution is 2.33. The summed E-state index contributed by atoms with van der Waals surface area (Å²) in [6, 6.07) is 9.91. The first-order valence-corrected chi connectivity index (χ1v) is 11.1. The van der Waals surface area contributed by atoms with Crippen molar-refractivity contribution in [3.8, 4) is 17.2 Å². The van der Waals surface area contributed by atoms with E-state index in [1.165, 1.54) is 4.90 Å². The molecular formula is C24H24N8O2. The molecule has 1 amide bonds. The summed E-state index contributed by atoms with van der Waals surface area (Å²) in [4.78, 5) is 17.2. The van der Waals surface area contributed by atoms with Crippen molar-refractivity contribution in [2.75, 3.05) is 18.4 Å². The van der Waals surface area contributed by atoms with E-state index in [-0.39, 0.29) is 12.1 Å². The van der Waals surface area contributed by atoms with Crippen LogP contribution in [-0.2, 0) is 0 Å². The zero-order chi connectivity index (χ0) is 23.8. The second kappa shape index (κ2) is 8.51. The second-order valence-corrected chi connectivity index (χ2v) is 8.49. The average molecular weight is 457 g/mol. The maximum absolute atomic E-state index is 11.3. The molecule has 0 saturated carbocycles. The Hall–Kier alpha value is -4.39. The van der Waals surface area contributed by atoms with Gasteiger partial charge in [0.1, 0.15) is 11.6 Å². The Morgan fingerprint density at radius 1 is 1.32 bits per heavy atom. The number of pyridine rings is 2. The Balaban J connectivity index is 1.53. The first-order valence-electron chi connectivity index (χ1n) is 11.1. The molecule has 1 saturated heterocycles. The maximum atomic E-state index is 11.3. The molecule has 10 nitrogen and oxygen atoms in total. The fraction of sp³-hybridized carbons (Fsp3) is 0.292. The van der Waals surface area contributed by atoms with Crippen LogP contribution in [0, 0.1) is 18.3 Å². The molecule has 2 N–H and O–H groups in total. The van der Waals surface area contributed by atoms with Gasteiger partial charge in [-0.2, -0.15) is 15.5 Å². The SMILES string of the molecule is Cc1c(-c2cc(N[C@H](C)c3ccccn3)c3c(C#N)cnn3c2)cnn1[C@@H]1CCN(C(=O)O)C1. The van der Waals surface area contributed by atoms with Gasteiger partial charge in [-0.05, 0) is 38.5 Å².